The van der Waals surface area contributed by atoms with Crippen molar-refractivity contribution in [2.45, 2.75) is 32.8 Å². The summed E-state index contributed by atoms with van der Waals surface area (Å²) < 4.78 is 5.52. The maximum Gasteiger partial charge on any atom is 0.164 e. The first-order valence-electron chi connectivity index (χ1n) is 7.45. The minimum atomic E-state index is 0.246. The summed E-state index contributed by atoms with van der Waals surface area (Å²) in [4.78, 5) is 14.6. The highest BCUT2D eigenvalue weighted by Gasteiger charge is 2.26. The molecule has 110 valence electrons. The molecule has 0 spiro atoms. The van der Waals surface area contributed by atoms with Crippen LogP contribution in [0.1, 0.15) is 35.7 Å². The van der Waals surface area contributed by atoms with Gasteiger partial charge in [0.15, 0.2) is 5.78 Å². The van der Waals surface area contributed by atoms with Crippen LogP contribution in [0.4, 0.5) is 0 Å². The maximum atomic E-state index is 12.3. The van der Waals surface area contributed by atoms with E-state index in [9.17, 15) is 4.79 Å². The molecule has 2 atom stereocenters. The summed E-state index contributed by atoms with van der Waals surface area (Å²) in [6.07, 6.45) is 2.05. The first kappa shape index (κ1) is 15.2. The number of likely N-dealkylation sites (tertiary alicyclic amines) is 1. The van der Waals surface area contributed by atoms with E-state index in [-0.39, 0.29) is 5.78 Å². The predicted octanol–water partition coefficient (Wildman–Crippen LogP) is 2.92. The molecule has 1 aliphatic rings. The third-order valence-corrected chi connectivity index (χ3v) is 4.38. The zero-order chi connectivity index (χ0) is 14.5. The van der Waals surface area contributed by atoms with E-state index in [2.05, 4.69) is 11.8 Å². The second-order valence-corrected chi connectivity index (χ2v) is 5.83. The lowest BCUT2D eigenvalue weighted by Crippen LogP contribution is -2.44. The summed E-state index contributed by atoms with van der Waals surface area (Å²) in [6.45, 7) is 7.08. The molecule has 0 radical (unpaired) electrons. The smallest absolute Gasteiger partial charge is 0.164 e. The molecule has 0 bridgehead atoms. The van der Waals surface area contributed by atoms with Gasteiger partial charge in [0.1, 0.15) is 0 Å². The number of carbonyl (C=O) groups excluding carboxylic acids is 1. The number of methoxy groups -OCH3 is 1. The van der Waals surface area contributed by atoms with Crippen LogP contribution in [0.3, 0.4) is 0 Å². The molecule has 0 aromatic heterocycles. The van der Waals surface area contributed by atoms with Crippen LogP contribution in [0.25, 0.3) is 0 Å². The van der Waals surface area contributed by atoms with Crippen LogP contribution < -0.4 is 0 Å². The van der Waals surface area contributed by atoms with Crippen molar-refractivity contribution in [3.05, 3.63) is 35.4 Å². The topological polar surface area (TPSA) is 29.5 Å². The Bertz CT molecular complexity index is 458. The van der Waals surface area contributed by atoms with Gasteiger partial charge in [0.05, 0.1) is 6.10 Å². The van der Waals surface area contributed by atoms with E-state index in [4.69, 9.17) is 4.74 Å². The third-order valence-electron chi connectivity index (χ3n) is 4.38. The average molecular weight is 275 g/mol. The van der Waals surface area contributed by atoms with E-state index >= 15 is 0 Å². The SMILES string of the molecule is COC1CN(CCC(=O)c2ccccc2C)CCC1C. The van der Waals surface area contributed by atoms with Crippen LogP contribution in [-0.2, 0) is 4.74 Å². The molecule has 1 aromatic carbocycles. The Morgan fingerprint density at radius 1 is 1.40 bits per heavy atom. The largest absolute Gasteiger partial charge is 0.380 e. The van der Waals surface area contributed by atoms with Crippen LogP contribution in [0.5, 0.6) is 0 Å². The summed E-state index contributed by atoms with van der Waals surface area (Å²) in [6, 6.07) is 7.83. The molecule has 0 aliphatic carbocycles. The molecule has 20 heavy (non-hydrogen) atoms. The molecule has 3 heteroatoms. The number of rotatable bonds is 5. The van der Waals surface area contributed by atoms with Crippen LogP contribution in [0.15, 0.2) is 24.3 Å². The van der Waals surface area contributed by atoms with Crippen molar-refractivity contribution in [3.63, 3.8) is 0 Å². The number of Topliss-reactive ketones (excluding diaryl/α,β-unsaturated/α-hetero) is 1. The monoisotopic (exact) mass is 275 g/mol. The zero-order valence-corrected chi connectivity index (χ0v) is 12.8. The van der Waals surface area contributed by atoms with Gasteiger partial charge in [-0.25, -0.2) is 0 Å². The molecule has 1 fully saturated rings. The number of hydrogen-bond donors (Lipinski definition) is 0. The van der Waals surface area contributed by atoms with E-state index in [1.54, 1.807) is 7.11 Å². The fraction of sp³-hybridized carbons (Fsp3) is 0.588. The predicted molar refractivity (Wildman–Crippen MR) is 81.1 cm³/mol. The van der Waals surface area contributed by atoms with E-state index in [1.807, 2.05) is 31.2 Å². The van der Waals surface area contributed by atoms with Gasteiger partial charge in [0, 0.05) is 32.2 Å². The number of piperidine rings is 1. The van der Waals surface area contributed by atoms with Gasteiger partial charge in [-0.15, -0.1) is 0 Å². The molecule has 0 saturated carbocycles. The Kier molecular flexibility index (Phi) is 5.32. The first-order chi connectivity index (χ1) is 9.61. The molecule has 3 nitrogen and oxygen atoms in total. The van der Waals surface area contributed by atoms with Crippen molar-refractivity contribution in [2.75, 3.05) is 26.7 Å². The van der Waals surface area contributed by atoms with Gasteiger partial charge in [-0.05, 0) is 31.4 Å². The fourth-order valence-corrected chi connectivity index (χ4v) is 2.89. The molecule has 0 N–H and O–H groups in total. The first-order valence-corrected chi connectivity index (χ1v) is 7.45. The number of ketones is 1. The van der Waals surface area contributed by atoms with Gasteiger partial charge < -0.3 is 9.64 Å². The number of hydrogen-bond acceptors (Lipinski definition) is 3. The number of nitrogens with zero attached hydrogens (tertiary/aromatic N) is 1. The Morgan fingerprint density at radius 2 is 2.15 bits per heavy atom. The molecular weight excluding hydrogens is 250 g/mol. The molecule has 2 unspecified atom stereocenters. The number of carbonyl (C=O) groups is 1. The van der Waals surface area contributed by atoms with Gasteiger partial charge in [0.25, 0.3) is 0 Å². The van der Waals surface area contributed by atoms with Gasteiger partial charge in [-0.1, -0.05) is 31.2 Å². The van der Waals surface area contributed by atoms with Crippen molar-refractivity contribution >= 4 is 5.78 Å². The van der Waals surface area contributed by atoms with Crippen LogP contribution in [0, 0.1) is 12.8 Å². The molecule has 1 aliphatic heterocycles. The lowest BCUT2D eigenvalue weighted by atomic mass is 9.95. The molecule has 1 aromatic rings. The normalized spacial score (nSPS) is 23.8. The third kappa shape index (κ3) is 3.68. The fourth-order valence-electron chi connectivity index (χ4n) is 2.89. The number of ether oxygens (including phenoxy) is 1. The summed E-state index contributed by atoms with van der Waals surface area (Å²) >= 11 is 0. The van der Waals surface area contributed by atoms with Crippen molar-refractivity contribution < 1.29 is 9.53 Å². The van der Waals surface area contributed by atoms with Crippen molar-refractivity contribution in [1.29, 1.82) is 0 Å². The van der Waals surface area contributed by atoms with Crippen LogP contribution in [0.2, 0.25) is 0 Å². The minimum absolute atomic E-state index is 0.246. The Hall–Kier alpha value is -1.19. The number of aryl methyl sites for hydroxylation is 1. The van der Waals surface area contributed by atoms with Crippen LogP contribution in [-0.4, -0.2) is 43.5 Å². The quantitative estimate of drug-likeness (QED) is 0.774. The van der Waals surface area contributed by atoms with Crippen LogP contribution >= 0.6 is 0 Å². The second kappa shape index (κ2) is 7.00. The highest BCUT2D eigenvalue weighted by molar-refractivity contribution is 5.97. The second-order valence-electron chi connectivity index (χ2n) is 5.83. The molecule has 1 saturated heterocycles. The maximum absolute atomic E-state index is 12.3. The van der Waals surface area contributed by atoms with Gasteiger partial charge >= 0.3 is 0 Å². The summed E-state index contributed by atoms with van der Waals surface area (Å²) in [5.74, 6) is 0.860. The Morgan fingerprint density at radius 3 is 2.85 bits per heavy atom. The van der Waals surface area contributed by atoms with Gasteiger partial charge in [0.2, 0.25) is 0 Å². The Balaban J connectivity index is 1.86. The summed E-state index contributed by atoms with van der Waals surface area (Å²) in [5.41, 5.74) is 1.93. The van der Waals surface area contributed by atoms with Crippen molar-refractivity contribution in [2.24, 2.45) is 5.92 Å². The van der Waals surface area contributed by atoms with Crippen molar-refractivity contribution in [1.82, 2.24) is 4.90 Å². The summed E-state index contributed by atoms with van der Waals surface area (Å²) in [7, 11) is 1.78. The van der Waals surface area contributed by atoms with E-state index in [0.717, 1.165) is 37.2 Å². The molecule has 2 rings (SSSR count). The average Bonchev–Trinajstić information content (AvgIpc) is 2.46. The zero-order valence-electron chi connectivity index (χ0n) is 12.8. The van der Waals surface area contributed by atoms with Gasteiger partial charge in [-0.3, -0.25) is 4.79 Å². The van der Waals surface area contributed by atoms with E-state index in [1.165, 1.54) is 0 Å². The standard InChI is InChI=1S/C17H25NO2/c1-13-6-4-5-7-15(13)16(19)9-11-18-10-8-14(2)17(12-18)20-3/h4-7,14,17H,8-12H2,1-3H3. The minimum Gasteiger partial charge on any atom is -0.380 e. The van der Waals surface area contributed by atoms with E-state index in [0.29, 0.717) is 18.4 Å². The molecule has 0 amide bonds. The lowest BCUT2D eigenvalue weighted by Gasteiger charge is -2.36. The number of benzene rings is 1. The lowest BCUT2D eigenvalue weighted by molar-refractivity contribution is -0.00480. The van der Waals surface area contributed by atoms with E-state index < -0.39 is 0 Å². The highest BCUT2D eigenvalue weighted by atomic mass is 16.5. The summed E-state index contributed by atoms with van der Waals surface area (Å²) in [5, 5.41) is 0. The van der Waals surface area contributed by atoms with Gasteiger partial charge in [-0.2, -0.15) is 0 Å². The van der Waals surface area contributed by atoms with Crippen molar-refractivity contribution in [3.8, 4) is 0 Å². The Labute approximate surface area is 121 Å². The molecular formula is C17H25NO2. The molecule has 1 heterocycles. The highest BCUT2D eigenvalue weighted by Crippen LogP contribution is 2.20.